The molecule has 3 aromatic carbocycles. The highest BCUT2D eigenvalue weighted by atomic mass is 32.2. The van der Waals surface area contributed by atoms with Crippen LogP contribution in [0.3, 0.4) is 0 Å². The first kappa shape index (κ1) is 20.2. The highest BCUT2D eigenvalue weighted by Gasteiger charge is 2.15. The maximum Gasteiger partial charge on any atom is 0.262 e. The van der Waals surface area contributed by atoms with Crippen molar-refractivity contribution in [1.82, 2.24) is 14.9 Å². The summed E-state index contributed by atoms with van der Waals surface area (Å²) in [7, 11) is 0. The zero-order chi connectivity index (χ0) is 21.1. The number of rotatable bonds is 6. The minimum Gasteiger partial charge on any atom is -0.349 e. The average molecular weight is 418 g/mol. The number of amides is 1. The van der Waals surface area contributed by atoms with E-state index < -0.39 is 0 Å². The Bertz CT molecular complexity index is 1280. The van der Waals surface area contributed by atoms with E-state index in [9.17, 15) is 9.59 Å². The van der Waals surface area contributed by atoms with E-state index in [0.29, 0.717) is 22.6 Å². The van der Waals surface area contributed by atoms with Gasteiger partial charge in [-0.15, -0.1) is 0 Å². The maximum atomic E-state index is 12.7. The molecular formula is C24H23N3O2S. The fourth-order valence-corrected chi connectivity index (χ4v) is 4.53. The van der Waals surface area contributed by atoms with Crippen molar-refractivity contribution < 1.29 is 4.79 Å². The zero-order valence-corrected chi connectivity index (χ0v) is 17.8. The fourth-order valence-electron chi connectivity index (χ4n) is 3.66. The van der Waals surface area contributed by atoms with Crippen molar-refractivity contribution in [2.24, 2.45) is 0 Å². The normalized spacial score (nSPS) is 12.2. The van der Waals surface area contributed by atoms with Gasteiger partial charge in [0, 0.05) is 6.54 Å². The number of hydrogen-bond acceptors (Lipinski definition) is 4. The highest BCUT2D eigenvalue weighted by Crippen LogP contribution is 2.24. The van der Waals surface area contributed by atoms with Gasteiger partial charge in [-0.05, 0) is 42.3 Å². The van der Waals surface area contributed by atoms with E-state index in [2.05, 4.69) is 28.5 Å². The lowest BCUT2D eigenvalue weighted by Crippen LogP contribution is -2.29. The van der Waals surface area contributed by atoms with Crippen molar-refractivity contribution in [1.29, 1.82) is 0 Å². The average Bonchev–Trinajstić information content (AvgIpc) is 2.77. The van der Waals surface area contributed by atoms with Gasteiger partial charge in [0.05, 0.1) is 22.7 Å². The first-order chi connectivity index (χ1) is 14.6. The maximum absolute atomic E-state index is 12.7. The minimum atomic E-state index is -0.123. The van der Waals surface area contributed by atoms with Gasteiger partial charge in [-0.25, -0.2) is 4.98 Å². The molecule has 0 aliphatic rings. The summed E-state index contributed by atoms with van der Waals surface area (Å²) in [5.41, 5.74) is 1.66. The molecule has 4 rings (SSSR count). The lowest BCUT2D eigenvalue weighted by Gasteiger charge is -2.17. The SMILES string of the molecule is CCn1c(SCC(=O)N[C@@H](C)c2cccc3ccccc23)nc2ccccc2c1=O. The first-order valence-corrected chi connectivity index (χ1v) is 11.0. The molecule has 152 valence electrons. The molecule has 0 radical (unpaired) electrons. The Morgan fingerprint density at radius 3 is 2.53 bits per heavy atom. The summed E-state index contributed by atoms with van der Waals surface area (Å²) in [6.07, 6.45) is 0. The number of aromatic nitrogens is 2. The summed E-state index contributed by atoms with van der Waals surface area (Å²) < 4.78 is 1.62. The molecule has 6 heteroatoms. The van der Waals surface area contributed by atoms with E-state index >= 15 is 0 Å². The molecule has 0 aliphatic heterocycles. The Kier molecular flexibility index (Phi) is 5.86. The second kappa shape index (κ2) is 8.71. The summed E-state index contributed by atoms with van der Waals surface area (Å²) in [4.78, 5) is 30.0. The number of carbonyl (C=O) groups excluding carboxylic acids is 1. The molecule has 4 aromatic rings. The third-order valence-electron chi connectivity index (χ3n) is 5.14. The Morgan fingerprint density at radius 1 is 1.03 bits per heavy atom. The van der Waals surface area contributed by atoms with Crippen LogP contribution in [0, 0.1) is 0 Å². The van der Waals surface area contributed by atoms with Crippen molar-refractivity contribution in [3.8, 4) is 0 Å². The standard InChI is InChI=1S/C24H23N3O2S/c1-3-27-23(29)20-12-6-7-14-21(20)26-24(27)30-15-22(28)25-16(2)18-13-8-10-17-9-4-5-11-19(17)18/h4-14,16H,3,15H2,1-2H3,(H,25,28)/t16-/m0/s1. The quantitative estimate of drug-likeness (QED) is 0.370. The smallest absolute Gasteiger partial charge is 0.262 e. The zero-order valence-electron chi connectivity index (χ0n) is 17.0. The van der Waals surface area contributed by atoms with Gasteiger partial charge in [-0.2, -0.15) is 0 Å². The lowest BCUT2D eigenvalue weighted by atomic mass is 10.00. The van der Waals surface area contributed by atoms with Gasteiger partial charge in [0.25, 0.3) is 5.56 Å². The van der Waals surface area contributed by atoms with Gasteiger partial charge in [-0.3, -0.25) is 14.2 Å². The van der Waals surface area contributed by atoms with Gasteiger partial charge < -0.3 is 5.32 Å². The molecule has 0 saturated heterocycles. The number of fused-ring (bicyclic) bond motifs is 2. The largest absolute Gasteiger partial charge is 0.349 e. The number of benzene rings is 3. The summed E-state index contributed by atoms with van der Waals surface area (Å²) in [6.45, 7) is 4.40. The van der Waals surface area contributed by atoms with Crippen LogP contribution in [0.25, 0.3) is 21.7 Å². The number of para-hydroxylation sites is 1. The molecule has 0 aliphatic carbocycles. The molecule has 1 aromatic heterocycles. The molecule has 5 nitrogen and oxygen atoms in total. The van der Waals surface area contributed by atoms with Crippen molar-refractivity contribution in [2.75, 3.05) is 5.75 Å². The van der Waals surface area contributed by atoms with E-state index in [-0.39, 0.29) is 23.3 Å². The van der Waals surface area contributed by atoms with E-state index in [4.69, 9.17) is 0 Å². The van der Waals surface area contributed by atoms with Gasteiger partial charge in [-0.1, -0.05) is 66.4 Å². The van der Waals surface area contributed by atoms with Gasteiger partial charge >= 0.3 is 0 Å². The molecule has 1 heterocycles. The summed E-state index contributed by atoms with van der Waals surface area (Å²) in [5, 5.41) is 6.52. The Labute approximate surface area is 179 Å². The highest BCUT2D eigenvalue weighted by molar-refractivity contribution is 7.99. The van der Waals surface area contributed by atoms with Crippen LogP contribution in [0.4, 0.5) is 0 Å². The van der Waals surface area contributed by atoms with Crippen LogP contribution >= 0.6 is 11.8 Å². The Morgan fingerprint density at radius 2 is 1.73 bits per heavy atom. The minimum absolute atomic E-state index is 0.0740. The van der Waals surface area contributed by atoms with Crippen molar-refractivity contribution in [2.45, 2.75) is 31.6 Å². The number of thioether (sulfide) groups is 1. The lowest BCUT2D eigenvalue weighted by molar-refractivity contribution is -0.119. The number of carbonyl (C=O) groups is 1. The van der Waals surface area contributed by atoms with Crippen LogP contribution in [-0.4, -0.2) is 21.2 Å². The molecular weight excluding hydrogens is 394 g/mol. The Hall–Kier alpha value is -3.12. The van der Waals surface area contributed by atoms with Crippen LogP contribution in [-0.2, 0) is 11.3 Å². The second-order valence-electron chi connectivity index (χ2n) is 7.11. The van der Waals surface area contributed by atoms with E-state index in [1.165, 1.54) is 11.8 Å². The number of nitrogens with one attached hydrogen (secondary N) is 1. The molecule has 0 spiro atoms. The van der Waals surface area contributed by atoms with Crippen molar-refractivity contribution in [3.05, 3.63) is 82.6 Å². The summed E-state index contributed by atoms with van der Waals surface area (Å²) in [5.74, 6) is 0.102. The van der Waals surface area contributed by atoms with Crippen LogP contribution in [0.15, 0.2) is 76.7 Å². The monoisotopic (exact) mass is 417 g/mol. The molecule has 0 saturated carbocycles. The third kappa shape index (κ3) is 3.96. The molecule has 1 amide bonds. The molecule has 0 unspecified atom stereocenters. The molecule has 1 N–H and O–H groups in total. The molecule has 30 heavy (non-hydrogen) atoms. The first-order valence-electron chi connectivity index (χ1n) is 9.98. The van der Waals surface area contributed by atoms with Crippen LogP contribution < -0.4 is 10.9 Å². The van der Waals surface area contributed by atoms with Crippen molar-refractivity contribution in [3.63, 3.8) is 0 Å². The number of hydrogen-bond donors (Lipinski definition) is 1. The van der Waals surface area contributed by atoms with Gasteiger partial charge in [0.15, 0.2) is 5.16 Å². The molecule has 1 atom stereocenters. The Balaban J connectivity index is 1.50. The van der Waals surface area contributed by atoms with E-state index in [1.54, 1.807) is 10.6 Å². The number of nitrogens with zero attached hydrogens (tertiary/aromatic N) is 2. The van der Waals surface area contributed by atoms with E-state index in [1.807, 2.05) is 56.3 Å². The predicted octanol–water partition coefficient (Wildman–Crippen LogP) is 4.54. The predicted molar refractivity (Wildman–Crippen MR) is 123 cm³/mol. The van der Waals surface area contributed by atoms with Gasteiger partial charge in [0.2, 0.25) is 5.91 Å². The van der Waals surface area contributed by atoms with E-state index in [0.717, 1.165) is 16.3 Å². The van der Waals surface area contributed by atoms with Crippen LogP contribution in [0.1, 0.15) is 25.5 Å². The van der Waals surface area contributed by atoms with Crippen LogP contribution in [0.5, 0.6) is 0 Å². The molecule has 0 bridgehead atoms. The topological polar surface area (TPSA) is 64.0 Å². The second-order valence-corrected chi connectivity index (χ2v) is 8.05. The van der Waals surface area contributed by atoms with Crippen LogP contribution in [0.2, 0.25) is 0 Å². The molecule has 0 fully saturated rings. The summed E-state index contributed by atoms with van der Waals surface area (Å²) in [6, 6.07) is 21.4. The summed E-state index contributed by atoms with van der Waals surface area (Å²) >= 11 is 1.29. The third-order valence-corrected chi connectivity index (χ3v) is 6.12. The van der Waals surface area contributed by atoms with Gasteiger partial charge in [0.1, 0.15) is 0 Å². The fraction of sp³-hybridized carbons (Fsp3) is 0.208. The van der Waals surface area contributed by atoms with Crippen molar-refractivity contribution >= 4 is 39.3 Å².